The van der Waals surface area contributed by atoms with Crippen LogP contribution in [0.2, 0.25) is 0 Å². The number of halogens is 4. The van der Waals surface area contributed by atoms with Crippen molar-refractivity contribution in [1.29, 1.82) is 0 Å². The van der Waals surface area contributed by atoms with Crippen LogP contribution in [0.25, 0.3) is 0 Å². The van der Waals surface area contributed by atoms with Crippen molar-refractivity contribution in [2.75, 3.05) is 32.7 Å². The Morgan fingerprint density at radius 2 is 1.73 bits per heavy atom. The van der Waals surface area contributed by atoms with E-state index in [1.165, 1.54) is 4.90 Å². The topological polar surface area (TPSA) is 61.4 Å². The van der Waals surface area contributed by atoms with Crippen LogP contribution in [0.3, 0.4) is 0 Å². The van der Waals surface area contributed by atoms with Gasteiger partial charge in [0.05, 0.1) is 0 Å². The molecule has 0 spiro atoms. The molecule has 1 saturated heterocycles. The summed E-state index contributed by atoms with van der Waals surface area (Å²) in [4.78, 5) is 25.1. The van der Waals surface area contributed by atoms with Gasteiger partial charge < -0.3 is 10.6 Å². The highest BCUT2D eigenvalue weighted by Gasteiger charge is 2.43. The molecule has 2 N–H and O–H groups in total. The van der Waals surface area contributed by atoms with Crippen LogP contribution in [0.5, 0.6) is 0 Å². The number of hydrogen-bond donors (Lipinski definition) is 2. The van der Waals surface area contributed by atoms with Gasteiger partial charge in [-0.05, 0) is 0 Å². The molecule has 1 fully saturated rings. The van der Waals surface area contributed by atoms with Crippen LogP contribution >= 0.6 is 12.4 Å². The Balaban J connectivity index is 0.00000338. The number of hydrogen-bond acceptors (Lipinski definition) is 4. The Morgan fingerprint density at radius 1 is 1.12 bits per heavy atom. The van der Waals surface area contributed by atoms with Crippen molar-refractivity contribution in [2.24, 2.45) is 0 Å². The molecule has 5 nitrogen and oxygen atoms in total. The Morgan fingerprint density at radius 3 is 2.31 bits per heavy atom. The molecule has 0 aliphatic carbocycles. The highest BCUT2D eigenvalue weighted by atomic mass is 35.5. The first-order valence-electron chi connectivity index (χ1n) is 8.24. The van der Waals surface area contributed by atoms with Gasteiger partial charge in [-0.15, -0.1) is 12.4 Å². The number of alkyl halides is 3. The van der Waals surface area contributed by atoms with Gasteiger partial charge in [0.1, 0.15) is 6.04 Å². The first kappa shape index (κ1) is 22.4. The molecule has 1 aromatic rings. The fourth-order valence-electron chi connectivity index (χ4n) is 2.74. The lowest BCUT2D eigenvalue weighted by molar-refractivity contribution is -0.184. The summed E-state index contributed by atoms with van der Waals surface area (Å²) in [6.07, 6.45) is -4.56. The minimum absolute atomic E-state index is 0. The summed E-state index contributed by atoms with van der Waals surface area (Å²) >= 11 is 0. The Kier molecular flexibility index (Phi) is 9.04. The van der Waals surface area contributed by atoms with Gasteiger partial charge in [0.25, 0.3) is 0 Å². The minimum atomic E-state index is -4.41. The van der Waals surface area contributed by atoms with Crippen molar-refractivity contribution >= 4 is 24.1 Å². The molecule has 1 unspecified atom stereocenters. The number of rotatable bonds is 7. The molecule has 9 heteroatoms. The lowest BCUT2D eigenvalue weighted by Crippen LogP contribution is -2.57. The maximum Gasteiger partial charge on any atom is 0.405 e. The smallest absolute Gasteiger partial charge is 0.354 e. The molecule has 1 aliphatic heterocycles. The van der Waals surface area contributed by atoms with Crippen LogP contribution in [0.4, 0.5) is 13.2 Å². The van der Waals surface area contributed by atoms with E-state index in [4.69, 9.17) is 0 Å². The van der Waals surface area contributed by atoms with Gasteiger partial charge in [0.15, 0.2) is 5.78 Å². The monoisotopic (exact) mass is 393 g/mol. The predicted octanol–water partition coefficient (Wildman–Crippen LogP) is 2.02. The molecule has 0 bridgehead atoms. The number of benzene rings is 1. The fourth-order valence-corrected chi connectivity index (χ4v) is 2.74. The number of nitrogens with one attached hydrogen (secondary N) is 2. The molecular weight excluding hydrogens is 371 g/mol. The van der Waals surface area contributed by atoms with Gasteiger partial charge in [-0.3, -0.25) is 14.5 Å². The second-order valence-electron chi connectivity index (χ2n) is 5.94. The first-order valence-corrected chi connectivity index (χ1v) is 8.24. The van der Waals surface area contributed by atoms with E-state index in [-0.39, 0.29) is 44.1 Å². The van der Waals surface area contributed by atoms with Crippen molar-refractivity contribution in [3.8, 4) is 0 Å². The number of carbonyl (C=O) groups excluding carboxylic acids is 2. The highest BCUT2D eigenvalue weighted by molar-refractivity contribution is 5.97. The summed E-state index contributed by atoms with van der Waals surface area (Å²) in [5, 5.41) is 5.32. The summed E-state index contributed by atoms with van der Waals surface area (Å²) in [6, 6.07) is 6.79. The molecule has 1 aliphatic rings. The van der Waals surface area contributed by atoms with Crippen LogP contribution in [-0.2, 0) is 4.79 Å². The second-order valence-corrected chi connectivity index (χ2v) is 5.94. The van der Waals surface area contributed by atoms with Crippen molar-refractivity contribution in [3.63, 3.8) is 0 Å². The largest absolute Gasteiger partial charge is 0.405 e. The van der Waals surface area contributed by atoms with Crippen LogP contribution in [0.15, 0.2) is 30.3 Å². The normalized spacial score (nSPS) is 16.4. The summed E-state index contributed by atoms with van der Waals surface area (Å²) < 4.78 is 39.7. The molecule has 1 heterocycles. The second kappa shape index (κ2) is 10.5. The van der Waals surface area contributed by atoms with Gasteiger partial charge in [-0.25, -0.2) is 0 Å². The average molecular weight is 394 g/mol. The van der Waals surface area contributed by atoms with Crippen molar-refractivity contribution in [1.82, 2.24) is 15.5 Å². The third kappa shape index (κ3) is 6.93. The number of piperazine rings is 1. The van der Waals surface area contributed by atoms with Gasteiger partial charge in [-0.1, -0.05) is 30.3 Å². The fraction of sp³-hybridized carbons (Fsp3) is 0.529. The van der Waals surface area contributed by atoms with Crippen molar-refractivity contribution < 1.29 is 22.8 Å². The van der Waals surface area contributed by atoms with Crippen LogP contribution in [0, 0.1) is 0 Å². The zero-order valence-corrected chi connectivity index (χ0v) is 15.0. The lowest BCUT2D eigenvalue weighted by Gasteiger charge is -2.35. The van der Waals surface area contributed by atoms with E-state index in [0.29, 0.717) is 18.7 Å². The molecule has 0 saturated carbocycles. The van der Waals surface area contributed by atoms with E-state index in [1.54, 1.807) is 30.3 Å². The summed E-state index contributed by atoms with van der Waals surface area (Å²) in [5.74, 6) is -0.751. The summed E-state index contributed by atoms with van der Waals surface area (Å²) in [7, 11) is 0. The van der Waals surface area contributed by atoms with E-state index in [2.05, 4.69) is 10.6 Å². The molecule has 0 radical (unpaired) electrons. The molecule has 2 rings (SSSR count). The Bertz CT molecular complexity index is 578. The summed E-state index contributed by atoms with van der Waals surface area (Å²) in [5.41, 5.74) is 0.490. The molecule has 1 amide bonds. The SMILES string of the molecule is Cl.O=C(CCC(=O)c1ccccc1)NCC(N1CCNCC1)C(F)(F)F. The first-order chi connectivity index (χ1) is 11.9. The maximum atomic E-state index is 13.2. The third-order valence-corrected chi connectivity index (χ3v) is 4.14. The molecular formula is C17H23ClF3N3O2. The standard InChI is InChI=1S/C17H22F3N3O2.ClH/c18-17(19,20)15(23-10-8-21-9-11-23)12-22-16(25)7-6-14(24)13-4-2-1-3-5-13;/h1-5,15,21H,6-12H2,(H,22,25);1H. The Labute approximate surface area is 156 Å². The van der Waals surface area contributed by atoms with E-state index in [1.807, 2.05) is 0 Å². The highest BCUT2D eigenvalue weighted by Crippen LogP contribution is 2.24. The van der Waals surface area contributed by atoms with E-state index >= 15 is 0 Å². The van der Waals surface area contributed by atoms with Gasteiger partial charge in [-0.2, -0.15) is 13.2 Å². The number of amides is 1. The summed E-state index contributed by atoms with van der Waals surface area (Å²) in [6.45, 7) is 1.05. The molecule has 1 atom stereocenters. The molecule has 1 aromatic carbocycles. The average Bonchev–Trinajstić information content (AvgIpc) is 2.60. The maximum absolute atomic E-state index is 13.2. The zero-order valence-electron chi connectivity index (χ0n) is 14.2. The molecule has 0 aromatic heterocycles. The van der Waals surface area contributed by atoms with E-state index in [0.717, 1.165) is 0 Å². The predicted molar refractivity (Wildman–Crippen MR) is 94.5 cm³/mol. The van der Waals surface area contributed by atoms with E-state index in [9.17, 15) is 22.8 Å². The number of ketones is 1. The van der Waals surface area contributed by atoms with Crippen molar-refractivity contribution in [2.45, 2.75) is 25.1 Å². The van der Waals surface area contributed by atoms with Gasteiger partial charge >= 0.3 is 6.18 Å². The molecule has 26 heavy (non-hydrogen) atoms. The van der Waals surface area contributed by atoms with Gasteiger partial charge in [0, 0.05) is 51.1 Å². The molecule has 146 valence electrons. The quantitative estimate of drug-likeness (QED) is 0.696. The lowest BCUT2D eigenvalue weighted by atomic mass is 10.1. The third-order valence-electron chi connectivity index (χ3n) is 4.14. The van der Waals surface area contributed by atoms with E-state index < -0.39 is 24.7 Å². The Hall–Kier alpha value is -1.64. The number of Topliss-reactive ketones (excluding diaryl/α,β-unsaturated/α-hetero) is 1. The van der Waals surface area contributed by atoms with Gasteiger partial charge in [0.2, 0.25) is 5.91 Å². The van der Waals surface area contributed by atoms with Crippen LogP contribution in [-0.4, -0.2) is 61.5 Å². The van der Waals surface area contributed by atoms with Crippen LogP contribution < -0.4 is 10.6 Å². The number of nitrogens with zero attached hydrogens (tertiary/aromatic N) is 1. The number of carbonyl (C=O) groups is 2. The van der Waals surface area contributed by atoms with Crippen molar-refractivity contribution in [3.05, 3.63) is 35.9 Å². The zero-order chi connectivity index (χ0) is 18.3. The van der Waals surface area contributed by atoms with Crippen LogP contribution in [0.1, 0.15) is 23.2 Å². The minimum Gasteiger partial charge on any atom is -0.354 e.